The zero-order chi connectivity index (χ0) is 34.3. The second kappa shape index (κ2) is 14.0. The standard InChI is InChI=1S/C38H52FN4O3PS/c1-25(2)18-29-24-46-34-21-33(35-26(3)8-6-9-27(35)4)40-36(41-34)42-48(44,45)31-11-7-10-28(19-31)20-32(29)30-22-38(23-30)13-16-43(17-14-38)15-12-37(5,39)47/h6-11,19,21,25,29-30,32H,12-18,20,22-24,47H2,1-5H3,(H,40,41,42). The van der Waals surface area contributed by atoms with E-state index in [2.05, 4.69) is 48.7 Å². The van der Waals surface area contributed by atoms with Crippen LogP contribution in [-0.4, -0.2) is 54.9 Å². The van der Waals surface area contributed by atoms with Crippen molar-refractivity contribution in [3.05, 3.63) is 65.2 Å². The summed E-state index contributed by atoms with van der Waals surface area (Å²) >= 11 is 0. The van der Waals surface area contributed by atoms with Crippen LogP contribution in [0.1, 0.15) is 76.0 Å². The van der Waals surface area contributed by atoms with Gasteiger partial charge in [-0.25, -0.2) is 22.5 Å². The number of halogens is 1. The van der Waals surface area contributed by atoms with Crippen molar-refractivity contribution in [2.24, 2.45) is 29.1 Å². The van der Waals surface area contributed by atoms with Crippen LogP contribution in [0.15, 0.2) is 53.4 Å². The minimum absolute atomic E-state index is 0.00729. The van der Waals surface area contributed by atoms with Crippen molar-refractivity contribution in [1.82, 2.24) is 14.9 Å². The number of ether oxygens (including phenoxy) is 1. The number of hydrogen-bond donors (Lipinski definition) is 1. The molecule has 0 radical (unpaired) electrons. The maximum Gasteiger partial charge on any atom is 0.264 e. The Hall–Kier alpha value is -2.61. The van der Waals surface area contributed by atoms with Gasteiger partial charge in [0.1, 0.15) is 5.41 Å². The Morgan fingerprint density at radius 1 is 1.08 bits per heavy atom. The summed E-state index contributed by atoms with van der Waals surface area (Å²) in [5.74, 6) is 2.00. The Morgan fingerprint density at radius 3 is 2.44 bits per heavy atom. The summed E-state index contributed by atoms with van der Waals surface area (Å²) in [5, 5.41) is -1.21. The highest BCUT2D eigenvalue weighted by atomic mass is 32.2. The van der Waals surface area contributed by atoms with Gasteiger partial charge >= 0.3 is 0 Å². The number of aryl methyl sites for hydroxylation is 2. The van der Waals surface area contributed by atoms with Crippen LogP contribution in [0.3, 0.4) is 0 Å². The lowest BCUT2D eigenvalue weighted by Crippen LogP contribution is -2.50. The minimum atomic E-state index is -3.94. The van der Waals surface area contributed by atoms with Crippen LogP contribution >= 0.6 is 9.24 Å². The van der Waals surface area contributed by atoms with Crippen LogP contribution in [0.2, 0.25) is 0 Å². The van der Waals surface area contributed by atoms with Crippen molar-refractivity contribution in [3.63, 3.8) is 0 Å². The maximum atomic E-state index is 14.1. The summed E-state index contributed by atoms with van der Waals surface area (Å²) in [6.45, 7) is 13.6. The van der Waals surface area contributed by atoms with Crippen LogP contribution in [0.4, 0.5) is 10.3 Å². The summed E-state index contributed by atoms with van der Waals surface area (Å²) < 4.78 is 50.8. The van der Waals surface area contributed by atoms with E-state index in [4.69, 9.17) is 4.74 Å². The topological polar surface area (TPSA) is 84.4 Å². The number of aromatic nitrogens is 2. The lowest BCUT2D eigenvalue weighted by atomic mass is 9.52. The fourth-order valence-electron chi connectivity index (χ4n) is 8.46. The van der Waals surface area contributed by atoms with Crippen LogP contribution in [-0.2, 0) is 16.4 Å². The van der Waals surface area contributed by atoms with Gasteiger partial charge in [0.15, 0.2) is 0 Å². The van der Waals surface area contributed by atoms with Gasteiger partial charge in [0, 0.05) is 18.2 Å². The predicted molar refractivity (Wildman–Crippen MR) is 194 cm³/mol. The van der Waals surface area contributed by atoms with Crippen LogP contribution in [0.5, 0.6) is 5.88 Å². The first-order valence-corrected chi connectivity index (χ1v) is 19.7. The highest BCUT2D eigenvalue weighted by Gasteiger charge is 2.49. The van der Waals surface area contributed by atoms with Gasteiger partial charge in [-0.2, -0.15) is 4.98 Å². The molecule has 48 heavy (non-hydrogen) atoms. The first kappa shape index (κ1) is 35.2. The molecule has 4 atom stereocenters. The van der Waals surface area contributed by atoms with Gasteiger partial charge in [0.05, 0.1) is 17.2 Å². The van der Waals surface area contributed by atoms with Gasteiger partial charge in [-0.15, -0.1) is 0 Å². The molecule has 0 amide bonds. The third kappa shape index (κ3) is 8.22. The number of fused-ring (bicyclic) bond motifs is 4. The Labute approximate surface area is 289 Å². The monoisotopic (exact) mass is 694 g/mol. The van der Waals surface area contributed by atoms with Gasteiger partial charge in [0.25, 0.3) is 10.0 Å². The van der Waals surface area contributed by atoms with Crippen molar-refractivity contribution < 1.29 is 17.5 Å². The summed E-state index contributed by atoms with van der Waals surface area (Å²) in [6, 6.07) is 15.3. The molecule has 1 aliphatic carbocycles. The summed E-state index contributed by atoms with van der Waals surface area (Å²) in [4.78, 5) is 11.9. The second-order valence-electron chi connectivity index (χ2n) is 15.5. The van der Waals surface area contributed by atoms with Gasteiger partial charge in [0.2, 0.25) is 11.8 Å². The molecular weight excluding hydrogens is 642 g/mol. The van der Waals surface area contributed by atoms with E-state index in [1.165, 1.54) is 12.8 Å². The fourth-order valence-corrected chi connectivity index (χ4v) is 9.60. The average Bonchev–Trinajstić information content (AvgIpc) is 2.99. The lowest BCUT2D eigenvalue weighted by molar-refractivity contribution is -0.0558. The van der Waals surface area contributed by atoms with Gasteiger partial charge in [-0.1, -0.05) is 53.4 Å². The maximum absolute atomic E-state index is 14.1. The largest absolute Gasteiger partial charge is 0.477 e. The number of sulfonamides is 1. The number of nitrogens with one attached hydrogen (secondary N) is 1. The molecule has 1 saturated carbocycles. The fraction of sp³-hybridized carbons (Fsp3) is 0.579. The number of benzene rings is 2. The SMILES string of the molecule is Cc1cccc(C)c1-c1cc2nc(n1)NS(=O)(=O)c1cccc(c1)CC(C1CC3(CCN(CCC(C)(F)P)CC3)C1)C(CC(C)C)CO2. The number of likely N-dealkylation sites (tertiary alicyclic amines) is 1. The molecule has 2 aliphatic heterocycles. The number of rotatable bonds is 7. The zero-order valence-corrected chi connectivity index (χ0v) is 31.1. The minimum Gasteiger partial charge on any atom is -0.477 e. The van der Waals surface area contributed by atoms with Crippen molar-refractivity contribution in [3.8, 4) is 17.1 Å². The van der Waals surface area contributed by atoms with Crippen LogP contribution < -0.4 is 9.46 Å². The molecular formula is C38H52FN4O3PS. The van der Waals surface area contributed by atoms with E-state index in [-0.39, 0.29) is 16.8 Å². The van der Waals surface area contributed by atoms with Gasteiger partial charge in [-0.3, -0.25) is 0 Å². The molecule has 4 bridgehead atoms. The molecule has 1 saturated heterocycles. The smallest absolute Gasteiger partial charge is 0.264 e. The number of hydrogen-bond acceptors (Lipinski definition) is 6. The number of nitrogens with zero attached hydrogens (tertiary/aromatic N) is 3. The van der Waals surface area contributed by atoms with Crippen molar-refractivity contribution in [2.45, 2.75) is 89.9 Å². The second-order valence-corrected chi connectivity index (χ2v) is 18.4. The summed E-state index contributed by atoms with van der Waals surface area (Å²) in [7, 11) is -1.61. The van der Waals surface area contributed by atoms with E-state index in [0.29, 0.717) is 47.8 Å². The molecule has 3 aromatic rings. The lowest BCUT2D eigenvalue weighted by Gasteiger charge is -2.56. The van der Waals surface area contributed by atoms with E-state index in [1.807, 2.05) is 50.2 Å². The molecule has 6 rings (SSSR count). The third-order valence-electron chi connectivity index (χ3n) is 11.0. The van der Waals surface area contributed by atoms with Crippen LogP contribution in [0, 0.1) is 42.9 Å². The molecule has 2 aromatic carbocycles. The molecule has 1 aromatic heterocycles. The molecule has 3 aliphatic rings. The van der Waals surface area contributed by atoms with Crippen LogP contribution in [0.25, 0.3) is 11.3 Å². The van der Waals surface area contributed by atoms with Crippen molar-refractivity contribution in [2.75, 3.05) is 31.0 Å². The van der Waals surface area contributed by atoms with E-state index >= 15 is 0 Å². The number of anilines is 1. The molecule has 1 N–H and O–H groups in total. The molecule has 4 unspecified atom stereocenters. The van der Waals surface area contributed by atoms with Gasteiger partial charge in [-0.05, 0) is 137 Å². The van der Waals surface area contributed by atoms with E-state index in [0.717, 1.165) is 67.6 Å². The van der Waals surface area contributed by atoms with E-state index < -0.39 is 15.4 Å². The van der Waals surface area contributed by atoms with E-state index in [1.54, 1.807) is 13.0 Å². The molecule has 3 heterocycles. The van der Waals surface area contributed by atoms with E-state index in [9.17, 15) is 12.8 Å². The third-order valence-corrected chi connectivity index (χ3v) is 12.6. The Kier molecular flexibility index (Phi) is 10.2. The Balaban J connectivity index is 1.31. The molecule has 10 heteroatoms. The number of alkyl halides is 1. The molecule has 2 fully saturated rings. The summed E-state index contributed by atoms with van der Waals surface area (Å²) in [5.41, 5.74) is 5.06. The predicted octanol–water partition coefficient (Wildman–Crippen LogP) is 8.22. The first-order valence-electron chi connectivity index (χ1n) is 17.6. The number of piperidine rings is 1. The highest BCUT2D eigenvalue weighted by Crippen LogP contribution is 2.57. The average molecular weight is 695 g/mol. The molecule has 1 spiro atoms. The Morgan fingerprint density at radius 2 is 1.77 bits per heavy atom. The summed E-state index contributed by atoms with van der Waals surface area (Å²) in [6.07, 6.45) is 7.03. The zero-order valence-electron chi connectivity index (χ0n) is 29.1. The highest BCUT2D eigenvalue weighted by molar-refractivity contribution is 7.92. The van der Waals surface area contributed by atoms with Crippen molar-refractivity contribution in [1.29, 1.82) is 0 Å². The normalized spacial score (nSPS) is 23.9. The Bertz CT molecular complexity index is 1690. The molecule has 260 valence electrons. The van der Waals surface area contributed by atoms with Crippen molar-refractivity contribution >= 4 is 25.2 Å². The molecule has 7 nitrogen and oxygen atoms in total. The quantitative estimate of drug-likeness (QED) is 0.251. The van der Waals surface area contributed by atoms with Gasteiger partial charge < -0.3 is 9.64 Å². The first-order chi connectivity index (χ1) is 22.7.